The van der Waals surface area contributed by atoms with Crippen molar-refractivity contribution in [3.05, 3.63) is 59.7 Å². The van der Waals surface area contributed by atoms with Crippen LogP contribution in [0.25, 0.3) is 0 Å². The van der Waals surface area contributed by atoms with Gasteiger partial charge in [0.2, 0.25) is 0 Å². The minimum absolute atomic E-state index is 0.0569. The predicted octanol–water partition coefficient (Wildman–Crippen LogP) is 3.57. The molecule has 0 aliphatic carbocycles. The summed E-state index contributed by atoms with van der Waals surface area (Å²) in [7, 11) is 0. The first kappa shape index (κ1) is 16.5. The standard InChI is InChI=1S/C18H18O5/c1-2-3-12-22-18(21)15-6-4-5-7-16(15)23-17(20)13-8-10-14(19)11-9-13/h4-11,19H,2-3,12H2,1H3. The summed E-state index contributed by atoms with van der Waals surface area (Å²) in [6.45, 7) is 2.33. The first-order valence-electron chi connectivity index (χ1n) is 7.39. The lowest BCUT2D eigenvalue weighted by molar-refractivity contribution is 0.0494. The smallest absolute Gasteiger partial charge is 0.343 e. The number of hydrogen-bond donors (Lipinski definition) is 1. The minimum Gasteiger partial charge on any atom is -0.508 e. The molecule has 0 heterocycles. The summed E-state index contributed by atoms with van der Waals surface area (Å²) < 4.78 is 10.4. The number of carbonyl (C=O) groups is 2. The predicted molar refractivity (Wildman–Crippen MR) is 84.7 cm³/mol. The molecule has 0 saturated heterocycles. The fraction of sp³-hybridized carbons (Fsp3) is 0.222. The van der Waals surface area contributed by atoms with Crippen LogP contribution in [0.2, 0.25) is 0 Å². The molecule has 5 heteroatoms. The highest BCUT2D eigenvalue weighted by Crippen LogP contribution is 2.21. The van der Waals surface area contributed by atoms with E-state index in [1.165, 1.54) is 30.3 Å². The number of esters is 2. The van der Waals surface area contributed by atoms with E-state index < -0.39 is 11.9 Å². The molecule has 0 saturated carbocycles. The summed E-state index contributed by atoms with van der Waals surface area (Å²) >= 11 is 0. The van der Waals surface area contributed by atoms with Crippen LogP contribution in [0.1, 0.15) is 40.5 Å². The molecule has 0 bridgehead atoms. The van der Waals surface area contributed by atoms with Crippen molar-refractivity contribution < 1.29 is 24.2 Å². The van der Waals surface area contributed by atoms with E-state index in [0.29, 0.717) is 6.61 Å². The fourth-order valence-electron chi connectivity index (χ4n) is 1.87. The number of ether oxygens (including phenoxy) is 2. The van der Waals surface area contributed by atoms with Gasteiger partial charge in [-0.2, -0.15) is 0 Å². The Morgan fingerprint density at radius 3 is 2.39 bits per heavy atom. The third-order valence-electron chi connectivity index (χ3n) is 3.14. The van der Waals surface area contributed by atoms with Crippen molar-refractivity contribution in [1.82, 2.24) is 0 Å². The summed E-state index contributed by atoms with van der Waals surface area (Å²) in [6.07, 6.45) is 1.70. The molecule has 0 amide bonds. The van der Waals surface area contributed by atoms with Crippen LogP contribution >= 0.6 is 0 Å². The molecule has 0 unspecified atom stereocenters. The van der Waals surface area contributed by atoms with Crippen molar-refractivity contribution in [2.75, 3.05) is 6.61 Å². The molecular weight excluding hydrogens is 296 g/mol. The van der Waals surface area contributed by atoms with E-state index >= 15 is 0 Å². The van der Waals surface area contributed by atoms with E-state index in [1.807, 2.05) is 6.92 Å². The quantitative estimate of drug-likeness (QED) is 0.501. The van der Waals surface area contributed by atoms with Crippen LogP contribution in [0, 0.1) is 0 Å². The van der Waals surface area contributed by atoms with Gasteiger partial charge in [-0.3, -0.25) is 0 Å². The third kappa shape index (κ3) is 4.57. The van der Waals surface area contributed by atoms with Crippen LogP contribution in [0.4, 0.5) is 0 Å². The maximum atomic E-state index is 12.1. The van der Waals surface area contributed by atoms with Gasteiger partial charge >= 0.3 is 11.9 Å². The van der Waals surface area contributed by atoms with E-state index in [1.54, 1.807) is 18.2 Å². The number of benzene rings is 2. The molecule has 0 spiro atoms. The van der Waals surface area contributed by atoms with Crippen LogP contribution in [-0.2, 0) is 4.74 Å². The summed E-state index contributed by atoms with van der Waals surface area (Å²) in [6, 6.07) is 12.1. The summed E-state index contributed by atoms with van der Waals surface area (Å²) in [5, 5.41) is 9.23. The van der Waals surface area contributed by atoms with Gasteiger partial charge in [0.1, 0.15) is 17.1 Å². The molecular formula is C18H18O5. The Morgan fingerprint density at radius 2 is 1.70 bits per heavy atom. The second-order valence-electron chi connectivity index (χ2n) is 4.92. The van der Waals surface area contributed by atoms with Crippen LogP contribution in [0.15, 0.2) is 48.5 Å². The molecule has 5 nitrogen and oxygen atoms in total. The van der Waals surface area contributed by atoms with Crippen LogP contribution in [-0.4, -0.2) is 23.7 Å². The van der Waals surface area contributed by atoms with Crippen molar-refractivity contribution in [2.24, 2.45) is 0 Å². The summed E-state index contributed by atoms with van der Waals surface area (Å²) in [5.41, 5.74) is 0.479. The molecule has 23 heavy (non-hydrogen) atoms. The van der Waals surface area contributed by atoms with E-state index in [2.05, 4.69) is 0 Å². The van der Waals surface area contributed by atoms with Crippen molar-refractivity contribution in [1.29, 1.82) is 0 Å². The Balaban J connectivity index is 2.12. The van der Waals surface area contributed by atoms with Crippen molar-refractivity contribution in [3.8, 4) is 11.5 Å². The van der Waals surface area contributed by atoms with E-state index in [-0.39, 0.29) is 22.6 Å². The maximum Gasteiger partial charge on any atom is 0.343 e. The maximum absolute atomic E-state index is 12.1. The monoisotopic (exact) mass is 314 g/mol. The number of aromatic hydroxyl groups is 1. The molecule has 0 aromatic heterocycles. The number of para-hydroxylation sites is 1. The normalized spacial score (nSPS) is 10.1. The number of carbonyl (C=O) groups excluding carboxylic acids is 2. The fourth-order valence-corrected chi connectivity index (χ4v) is 1.87. The lowest BCUT2D eigenvalue weighted by atomic mass is 10.2. The number of rotatable bonds is 6. The summed E-state index contributed by atoms with van der Waals surface area (Å²) in [4.78, 5) is 24.2. The SMILES string of the molecule is CCCCOC(=O)c1ccccc1OC(=O)c1ccc(O)cc1. The van der Waals surface area contributed by atoms with Crippen LogP contribution in [0.5, 0.6) is 11.5 Å². The zero-order valence-electron chi connectivity index (χ0n) is 12.8. The third-order valence-corrected chi connectivity index (χ3v) is 3.14. The molecule has 120 valence electrons. The molecule has 2 rings (SSSR count). The molecule has 0 aliphatic rings. The molecule has 0 fully saturated rings. The average Bonchev–Trinajstić information content (AvgIpc) is 2.56. The van der Waals surface area contributed by atoms with Gasteiger partial charge in [0, 0.05) is 0 Å². The largest absolute Gasteiger partial charge is 0.508 e. The van der Waals surface area contributed by atoms with E-state index in [9.17, 15) is 14.7 Å². The lowest BCUT2D eigenvalue weighted by Crippen LogP contribution is -2.13. The number of hydrogen-bond acceptors (Lipinski definition) is 5. The first-order valence-corrected chi connectivity index (χ1v) is 7.39. The highest BCUT2D eigenvalue weighted by atomic mass is 16.5. The second kappa shape index (κ2) is 7.98. The van der Waals surface area contributed by atoms with E-state index in [0.717, 1.165) is 12.8 Å². The molecule has 0 aliphatic heterocycles. The zero-order chi connectivity index (χ0) is 16.7. The Labute approximate surface area is 134 Å². The number of phenols is 1. The van der Waals surface area contributed by atoms with Gasteiger partial charge in [-0.1, -0.05) is 25.5 Å². The highest BCUT2D eigenvalue weighted by Gasteiger charge is 2.17. The molecule has 2 aromatic rings. The number of unbranched alkanes of at least 4 members (excludes halogenated alkanes) is 1. The molecule has 2 aromatic carbocycles. The highest BCUT2D eigenvalue weighted by molar-refractivity contribution is 5.96. The minimum atomic E-state index is -0.612. The van der Waals surface area contributed by atoms with Gasteiger partial charge in [0.15, 0.2) is 0 Å². The number of phenolic OH excluding ortho intramolecular Hbond substituents is 1. The summed E-state index contributed by atoms with van der Waals surface area (Å²) in [5.74, 6) is -0.931. The van der Waals surface area contributed by atoms with Crippen molar-refractivity contribution in [3.63, 3.8) is 0 Å². The van der Waals surface area contributed by atoms with Crippen molar-refractivity contribution >= 4 is 11.9 Å². The van der Waals surface area contributed by atoms with Gasteiger partial charge in [0.25, 0.3) is 0 Å². The van der Waals surface area contributed by atoms with Gasteiger partial charge in [-0.15, -0.1) is 0 Å². The Kier molecular flexibility index (Phi) is 5.74. The zero-order valence-corrected chi connectivity index (χ0v) is 12.8. The van der Waals surface area contributed by atoms with Gasteiger partial charge in [-0.25, -0.2) is 9.59 Å². The van der Waals surface area contributed by atoms with Crippen LogP contribution in [0.3, 0.4) is 0 Å². The lowest BCUT2D eigenvalue weighted by Gasteiger charge is -2.10. The van der Waals surface area contributed by atoms with Crippen molar-refractivity contribution in [2.45, 2.75) is 19.8 Å². The Hall–Kier alpha value is -2.82. The van der Waals surface area contributed by atoms with E-state index in [4.69, 9.17) is 9.47 Å². The van der Waals surface area contributed by atoms with Gasteiger partial charge in [-0.05, 0) is 42.8 Å². The molecule has 1 N–H and O–H groups in total. The van der Waals surface area contributed by atoms with Crippen LogP contribution < -0.4 is 4.74 Å². The Bertz CT molecular complexity index is 676. The second-order valence-corrected chi connectivity index (χ2v) is 4.92. The van der Waals surface area contributed by atoms with Gasteiger partial charge < -0.3 is 14.6 Å². The topological polar surface area (TPSA) is 72.8 Å². The first-order chi connectivity index (χ1) is 11.1. The van der Waals surface area contributed by atoms with Gasteiger partial charge in [0.05, 0.1) is 12.2 Å². The average molecular weight is 314 g/mol. The Morgan fingerprint density at radius 1 is 1.00 bits per heavy atom. The molecule has 0 radical (unpaired) electrons. The molecule has 0 atom stereocenters.